The lowest BCUT2D eigenvalue weighted by Crippen LogP contribution is -2.18. The molecule has 3 rings (SSSR count). The van der Waals surface area contributed by atoms with Gasteiger partial charge in [-0.05, 0) is 60.5 Å². The number of nitrogens with one attached hydrogen (secondary N) is 1. The second-order valence-corrected chi connectivity index (χ2v) is 8.79. The summed E-state index contributed by atoms with van der Waals surface area (Å²) in [6, 6.07) is 16.2. The van der Waals surface area contributed by atoms with Gasteiger partial charge < -0.3 is 8.92 Å². The van der Waals surface area contributed by atoms with Crippen LogP contribution in [0.4, 0.5) is 13.2 Å². The van der Waals surface area contributed by atoms with E-state index in [2.05, 4.69) is 10.5 Å². The number of para-hydroxylation sites is 1. The minimum Gasteiger partial charge on any atom is -0.497 e. The lowest BCUT2D eigenvalue weighted by molar-refractivity contribution is -0.137. The Labute approximate surface area is 200 Å². The number of benzene rings is 3. The van der Waals surface area contributed by atoms with Crippen LogP contribution < -0.4 is 14.3 Å². The summed E-state index contributed by atoms with van der Waals surface area (Å²) < 4.78 is 73.5. The number of hydrazone groups is 1. The van der Waals surface area contributed by atoms with Gasteiger partial charge in [-0.1, -0.05) is 24.3 Å². The number of halogens is 3. The summed E-state index contributed by atoms with van der Waals surface area (Å²) in [5.74, 6) is 0.213. The molecular weight excluding hydrogens is 485 g/mol. The monoisotopic (exact) mass is 506 g/mol. The van der Waals surface area contributed by atoms with Gasteiger partial charge in [0.2, 0.25) is 5.91 Å². The zero-order chi connectivity index (χ0) is 25.5. The SMILES string of the molecule is COc1cccc(CCC(=O)N/N=C/c2ccccc2OS(=O)(=O)c2ccc(C(F)(F)F)cc2)c1. The minimum atomic E-state index is -4.59. The second-order valence-electron chi connectivity index (χ2n) is 7.24. The molecular formula is C24H21F3N2O5S. The quantitative estimate of drug-likeness (QED) is 0.261. The number of nitrogens with zero attached hydrogens (tertiary/aromatic N) is 1. The highest BCUT2D eigenvalue weighted by Gasteiger charge is 2.31. The summed E-state index contributed by atoms with van der Waals surface area (Å²) in [5, 5.41) is 3.84. The van der Waals surface area contributed by atoms with E-state index in [0.29, 0.717) is 24.3 Å². The van der Waals surface area contributed by atoms with E-state index in [-0.39, 0.29) is 23.6 Å². The van der Waals surface area contributed by atoms with Gasteiger partial charge in [-0.25, -0.2) is 5.43 Å². The zero-order valence-electron chi connectivity index (χ0n) is 18.5. The Kier molecular flexibility index (Phi) is 8.13. The summed E-state index contributed by atoms with van der Waals surface area (Å²) >= 11 is 0. The van der Waals surface area contributed by atoms with Crippen LogP contribution >= 0.6 is 0 Å². The van der Waals surface area contributed by atoms with Gasteiger partial charge in [0.1, 0.15) is 10.6 Å². The molecule has 35 heavy (non-hydrogen) atoms. The van der Waals surface area contributed by atoms with Crippen molar-refractivity contribution in [1.82, 2.24) is 5.43 Å². The molecule has 0 fully saturated rings. The van der Waals surface area contributed by atoms with E-state index in [0.717, 1.165) is 17.7 Å². The first-order valence-corrected chi connectivity index (χ1v) is 11.6. The average Bonchev–Trinajstić information content (AvgIpc) is 2.83. The maximum absolute atomic E-state index is 12.7. The van der Waals surface area contributed by atoms with E-state index < -0.39 is 26.8 Å². The summed E-state index contributed by atoms with van der Waals surface area (Å²) in [7, 11) is -2.86. The summed E-state index contributed by atoms with van der Waals surface area (Å²) in [6.07, 6.45) is -2.76. The van der Waals surface area contributed by atoms with Gasteiger partial charge in [-0.3, -0.25) is 4.79 Å². The average molecular weight is 507 g/mol. The van der Waals surface area contributed by atoms with E-state index in [1.165, 1.54) is 24.4 Å². The predicted octanol–water partition coefficient (Wildman–Crippen LogP) is 4.56. The highest BCUT2D eigenvalue weighted by Crippen LogP contribution is 2.30. The summed E-state index contributed by atoms with van der Waals surface area (Å²) in [5.41, 5.74) is 2.52. The van der Waals surface area contributed by atoms with Crippen LogP contribution in [0.5, 0.6) is 11.5 Å². The lowest BCUT2D eigenvalue weighted by Gasteiger charge is -2.11. The maximum atomic E-state index is 12.7. The first-order chi connectivity index (χ1) is 16.6. The van der Waals surface area contributed by atoms with E-state index in [4.69, 9.17) is 8.92 Å². The van der Waals surface area contributed by atoms with Crippen LogP contribution in [0.3, 0.4) is 0 Å². The highest BCUT2D eigenvalue weighted by atomic mass is 32.2. The van der Waals surface area contributed by atoms with Crippen molar-refractivity contribution in [2.75, 3.05) is 7.11 Å². The molecule has 1 amide bonds. The Morgan fingerprint density at radius 1 is 1.03 bits per heavy atom. The van der Waals surface area contributed by atoms with E-state index in [9.17, 15) is 26.4 Å². The van der Waals surface area contributed by atoms with E-state index in [1.54, 1.807) is 19.2 Å². The lowest BCUT2D eigenvalue weighted by atomic mass is 10.1. The number of alkyl halides is 3. The van der Waals surface area contributed by atoms with Crippen LogP contribution in [0.1, 0.15) is 23.1 Å². The van der Waals surface area contributed by atoms with Crippen molar-refractivity contribution >= 4 is 22.2 Å². The molecule has 3 aromatic rings. The van der Waals surface area contributed by atoms with Gasteiger partial charge >= 0.3 is 16.3 Å². The Balaban J connectivity index is 1.63. The fraction of sp³-hybridized carbons (Fsp3) is 0.167. The molecule has 0 aliphatic heterocycles. The predicted molar refractivity (Wildman–Crippen MR) is 123 cm³/mol. The molecule has 7 nitrogen and oxygen atoms in total. The zero-order valence-corrected chi connectivity index (χ0v) is 19.3. The van der Waals surface area contributed by atoms with Gasteiger partial charge in [0.15, 0.2) is 5.75 Å². The van der Waals surface area contributed by atoms with Crippen LogP contribution in [0.25, 0.3) is 0 Å². The molecule has 0 heterocycles. The molecule has 184 valence electrons. The fourth-order valence-electron chi connectivity index (χ4n) is 2.96. The molecule has 0 spiro atoms. The third-order valence-electron chi connectivity index (χ3n) is 4.76. The van der Waals surface area contributed by atoms with Gasteiger partial charge in [0, 0.05) is 12.0 Å². The number of methoxy groups -OCH3 is 1. The first-order valence-electron chi connectivity index (χ1n) is 10.2. The number of carbonyl (C=O) groups is 1. The summed E-state index contributed by atoms with van der Waals surface area (Å²) in [4.78, 5) is 11.7. The van der Waals surface area contributed by atoms with Gasteiger partial charge in [-0.2, -0.15) is 26.7 Å². The van der Waals surface area contributed by atoms with Crippen molar-refractivity contribution in [3.05, 3.63) is 89.5 Å². The number of ether oxygens (including phenoxy) is 1. The molecule has 0 unspecified atom stereocenters. The molecule has 0 saturated carbocycles. The van der Waals surface area contributed by atoms with E-state index in [1.807, 2.05) is 18.2 Å². The van der Waals surface area contributed by atoms with Crippen molar-refractivity contribution in [3.63, 3.8) is 0 Å². The smallest absolute Gasteiger partial charge is 0.416 e. The molecule has 0 aromatic heterocycles. The first kappa shape index (κ1) is 25.8. The Morgan fingerprint density at radius 3 is 2.43 bits per heavy atom. The van der Waals surface area contributed by atoms with Crippen molar-refractivity contribution in [3.8, 4) is 11.5 Å². The number of hydrogen-bond donors (Lipinski definition) is 1. The molecule has 0 atom stereocenters. The van der Waals surface area contributed by atoms with Gasteiger partial charge in [-0.15, -0.1) is 0 Å². The third-order valence-corrected chi connectivity index (χ3v) is 6.01. The number of aryl methyl sites for hydroxylation is 1. The standard InChI is InChI=1S/C24H21F3N2O5S/c1-33-20-7-4-5-17(15-20)9-14-23(30)29-28-16-18-6-2-3-8-22(18)34-35(31,32)21-12-10-19(11-13-21)24(25,26)27/h2-8,10-13,15-16H,9,14H2,1H3,(H,29,30)/b28-16+. The van der Waals surface area contributed by atoms with Crippen molar-refractivity contribution in [1.29, 1.82) is 0 Å². The van der Waals surface area contributed by atoms with E-state index >= 15 is 0 Å². The highest BCUT2D eigenvalue weighted by molar-refractivity contribution is 7.87. The number of amides is 1. The maximum Gasteiger partial charge on any atom is 0.416 e. The topological polar surface area (TPSA) is 94.1 Å². The normalized spacial score (nSPS) is 11.9. The second kappa shape index (κ2) is 11.0. The van der Waals surface area contributed by atoms with Crippen LogP contribution in [-0.2, 0) is 27.5 Å². The number of hydrogen-bond acceptors (Lipinski definition) is 6. The van der Waals surface area contributed by atoms with Crippen LogP contribution in [0.2, 0.25) is 0 Å². The Bertz CT molecular complexity index is 1310. The van der Waals surface area contributed by atoms with Crippen LogP contribution in [-0.4, -0.2) is 27.6 Å². The Hall–Kier alpha value is -3.86. The van der Waals surface area contributed by atoms with Gasteiger partial charge in [0.25, 0.3) is 0 Å². The summed E-state index contributed by atoms with van der Waals surface area (Å²) in [6.45, 7) is 0. The minimum absolute atomic E-state index is 0.109. The molecule has 0 saturated heterocycles. The molecule has 3 aromatic carbocycles. The third kappa shape index (κ3) is 7.31. The van der Waals surface area contributed by atoms with Gasteiger partial charge in [0.05, 0.1) is 18.9 Å². The molecule has 0 aliphatic rings. The van der Waals surface area contributed by atoms with Crippen molar-refractivity contribution in [2.24, 2.45) is 5.10 Å². The molecule has 0 aliphatic carbocycles. The molecule has 0 bridgehead atoms. The van der Waals surface area contributed by atoms with Crippen LogP contribution in [0.15, 0.2) is 82.8 Å². The fourth-order valence-corrected chi connectivity index (χ4v) is 3.91. The Morgan fingerprint density at radius 2 is 1.74 bits per heavy atom. The molecule has 1 N–H and O–H groups in total. The number of rotatable bonds is 9. The van der Waals surface area contributed by atoms with Crippen LogP contribution in [0, 0.1) is 0 Å². The van der Waals surface area contributed by atoms with Crippen molar-refractivity contribution in [2.45, 2.75) is 23.9 Å². The largest absolute Gasteiger partial charge is 0.497 e. The number of carbonyl (C=O) groups excluding carboxylic acids is 1. The van der Waals surface area contributed by atoms with Crippen molar-refractivity contribution < 1.29 is 35.3 Å². The molecule has 11 heteroatoms. The molecule has 0 radical (unpaired) electrons.